The first-order chi connectivity index (χ1) is 8.41. The van der Waals surface area contributed by atoms with Crippen LogP contribution in [-0.2, 0) is 21.1 Å². The summed E-state index contributed by atoms with van der Waals surface area (Å²) < 4.78 is 0. The van der Waals surface area contributed by atoms with Crippen LogP contribution < -0.4 is 4.90 Å². The van der Waals surface area contributed by atoms with Crippen molar-refractivity contribution in [1.82, 2.24) is 0 Å². The summed E-state index contributed by atoms with van der Waals surface area (Å²) in [7, 11) is 0. The second-order valence-corrected chi connectivity index (χ2v) is 4.84. The number of aliphatic imine (C=N–C) groups is 1. The van der Waals surface area contributed by atoms with Gasteiger partial charge < -0.3 is 4.90 Å². The maximum Gasteiger partial charge on any atom is 0.119 e. The monoisotopic (exact) mass is 423 g/mol. The van der Waals surface area contributed by atoms with Crippen molar-refractivity contribution >= 4 is 11.4 Å². The van der Waals surface area contributed by atoms with Crippen molar-refractivity contribution in [2.75, 3.05) is 4.90 Å². The van der Waals surface area contributed by atoms with E-state index < -0.39 is 0 Å². The summed E-state index contributed by atoms with van der Waals surface area (Å²) >= 11 is 0. The molecule has 2 nitrogen and oxygen atoms in total. The SMILES string of the molecule is C=C1N=C(C)C(C)=C(C)N1c1c[c-]c(C)cc1C.[W]. The molecule has 0 N–H and O–H groups in total. The number of hydrogen-bond acceptors (Lipinski definition) is 2. The molecule has 0 radical (unpaired) electrons. The number of anilines is 1. The van der Waals surface area contributed by atoms with Crippen LogP contribution in [0.4, 0.5) is 5.69 Å². The molecule has 2 rings (SSSR count). The number of rotatable bonds is 1. The van der Waals surface area contributed by atoms with Crippen LogP contribution >= 0.6 is 0 Å². The normalized spacial score (nSPS) is 15.3. The summed E-state index contributed by atoms with van der Waals surface area (Å²) in [5.74, 6) is 0.774. The third-order valence-electron chi connectivity index (χ3n) is 3.49. The fourth-order valence-electron chi connectivity index (χ4n) is 2.25. The first kappa shape index (κ1) is 15.9. The Balaban J connectivity index is 0.00000180. The third-order valence-corrected chi connectivity index (χ3v) is 3.49. The average molecular weight is 423 g/mol. The van der Waals surface area contributed by atoms with E-state index >= 15 is 0 Å². The third kappa shape index (κ3) is 2.89. The van der Waals surface area contributed by atoms with Gasteiger partial charge in [-0.3, -0.25) is 0 Å². The Hall–Kier alpha value is -1.14. The molecule has 3 heteroatoms. The number of nitrogens with zero attached hydrogens (tertiary/aromatic N) is 2. The molecule has 0 aromatic heterocycles. The first-order valence-electron chi connectivity index (χ1n) is 6.13. The number of hydrogen-bond donors (Lipinski definition) is 0. The van der Waals surface area contributed by atoms with Gasteiger partial charge in [0.15, 0.2) is 0 Å². The molecule has 0 amide bonds. The fraction of sp³-hybridized carbons (Fsp3) is 0.312. The van der Waals surface area contributed by atoms with E-state index in [4.69, 9.17) is 0 Å². The Labute approximate surface area is 130 Å². The predicted molar refractivity (Wildman–Crippen MR) is 77.9 cm³/mol. The van der Waals surface area contributed by atoms with Crippen molar-refractivity contribution in [1.29, 1.82) is 0 Å². The molecule has 0 fully saturated rings. The summed E-state index contributed by atoms with van der Waals surface area (Å²) in [4.78, 5) is 6.62. The molecule has 1 aliphatic rings. The summed E-state index contributed by atoms with van der Waals surface area (Å²) in [6.45, 7) is 14.5. The van der Waals surface area contributed by atoms with Gasteiger partial charge in [-0.25, -0.2) is 4.99 Å². The van der Waals surface area contributed by atoms with Gasteiger partial charge in [0, 0.05) is 32.5 Å². The molecule has 19 heavy (non-hydrogen) atoms. The Bertz CT molecular complexity index is 582. The number of allylic oxidation sites excluding steroid dienone is 2. The van der Waals surface area contributed by atoms with Crippen LogP contribution in [-0.4, -0.2) is 5.71 Å². The van der Waals surface area contributed by atoms with Crippen LogP contribution in [0.15, 0.2) is 40.8 Å². The van der Waals surface area contributed by atoms with Gasteiger partial charge in [0.2, 0.25) is 0 Å². The second kappa shape index (κ2) is 5.88. The van der Waals surface area contributed by atoms with Gasteiger partial charge in [-0.1, -0.05) is 26.1 Å². The summed E-state index contributed by atoms with van der Waals surface area (Å²) in [5.41, 5.74) is 6.92. The van der Waals surface area contributed by atoms with Gasteiger partial charge in [0.25, 0.3) is 0 Å². The number of aryl methyl sites for hydroxylation is 2. The van der Waals surface area contributed by atoms with Crippen LogP contribution in [0, 0.1) is 19.9 Å². The van der Waals surface area contributed by atoms with E-state index in [2.05, 4.69) is 56.3 Å². The van der Waals surface area contributed by atoms with Crippen molar-refractivity contribution in [3.8, 4) is 0 Å². The molecule has 0 atom stereocenters. The molecule has 0 saturated carbocycles. The average Bonchev–Trinajstić information content (AvgIpc) is 2.29. The zero-order valence-electron chi connectivity index (χ0n) is 12.2. The van der Waals surface area contributed by atoms with Crippen LogP contribution in [0.2, 0.25) is 0 Å². The van der Waals surface area contributed by atoms with E-state index in [0.717, 1.165) is 22.8 Å². The fourth-order valence-corrected chi connectivity index (χ4v) is 2.25. The minimum atomic E-state index is 0. The molecule has 0 spiro atoms. The molecular formula is C16H19N2W-. The van der Waals surface area contributed by atoms with E-state index in [9.17, 15) is 0 Å². The van der Waals surface area contributed by atoms with Crippen molar-refractivity contribution < 1.29 is 21.1 Å². The van der Waals surface area contributed by atoms with Crippen LogP contribution in [0.5, 0.6) is 0 Å². The first-order valence-corrected chi connectivity index (χ1v) is 6.13. The smallest absolute Gasteiger partial charge is 0.119 e. The van der Waals surface area contributed by atoms with Gasteiger partial charge >= 0.3 is 0 Å². The number of benzene rings is 1. The maximum absolute atomic E-state index is 4.51. The molecule has 1 aromatic carbocycles. The molecule has 1 heterocycles. The minimum absolute atomic E-state index is 0. The summed E-state index contributed by atoms with van der Waals surface area (Å²) in [5, 5.41) is 0. The van der Waals surface area contributed by atoms with Crippen molar-refractivity contribution in [2.45, 2.75) is 34.6 Å². The van der Waals surface area contributed by atoms with E-state index in [1.54, 1.807) is 0 Å². The summed E-state index contributed by atoms with van der Waals surface area (Å²) in [6.07, 6.45) is 0. The van der Waals surface area contributed by atoms with E-state index in [1.165, 1.54) is 16.8 Å². The molecule has 0 saturated heterocycles. The van der Waals surface area contributed by atoms with Crippen molar-refractivity contribution in [3.63, 3.8) is 0 Å². The maximum atomic E-state index is 4.51. The van der Waals surface area contributed by atoms with Gasteiger partial charge in [-0.05, 0) is 26.3 Å². The zero-order valence-corrected chi connectivity index (χ0v) is 15.1. The van der Waals surface area contributed by atoms with Gasteiger partial charge in [0.1, 0.15) is 5.82 Å². The summed E-state index contributed by atoms with van der Waals surface area (Å²) in [6, 6.07) is 7.40. The predicted octanol–water partition coefficient (Wildman–Crippen LogP) is 4.15. The van der Waals surface area contributed by atoms with Gasteiger partial charge in [-0.2, -0.15) is 23.8 Å². The molecule has 0 aliphatic carbocycles. The Morgan fingerprint density at radius 1 is 1.16 bits per heavy atom. The van der Waals surface area contributed by atoms with E-state index in [0.29, 0.717) is 0 Å². The molecule has 100 valence electrons. The Morgan fingerprint density at radius 2 is 1.79 bits per heavy atom. The molecule has 0 bridgehead atoms. The standard InChI is InChI=1S/C16H19N2.W/c1-10-7-8-16(11(2)9-10)18-14(5)12(3)13(4)17-15(18)6;/h8-9H,6H2,1-5H3;/q-1;. The topological polar surface area (TPSA) is 15.6 Å². The minimum Gasteiger partial charge on any atom is -0.354 e. The Morgan fingerprint density at radius 3 is 2.37 bits per heavy atom. The van der Waals surface area contributed by atoms with Crippen LogP contribution in [0.3, 0.4) is 0 Å². The quantitative estimate of drug-likeness (QED) is 0.620. The van der Waals surface area contributed by atoms with Gasteiger partial charge in [-0.15, -0.1) is 5.56 Å². The second-order valence-electron chi connectivity index (χ2n) is 4.84. The van der Waals surface area contributed by atoms with Crippen molar-refractivity contribution in [2.24, 2.45) is 4.99 Å². The molecule has 0 unspecified atom stereocenters. The molecule has 1 aliphatic heterocycles. The van der Waals surface area contributed by atoms with E-state index in [-0.39, 0.29) is 21.1 Å². The molecule has 1 aromatic rings. The van der Waals surface area contributed by atoms with Crippen LogP contribution in [0.25, 0.3) is 0 Å². The molecular weight excluding hydrogens is 404 g/mol. The van der Waals surface area contributed by atoms with Crippen LogP contribution in [0.1, 0.15) is 31.9 Å². The Kier molecular flexibility index (Phi) is 4.92. The van der Waals surface area contributed by atoms with Crippen molar-refractivity contribution in [3.05, 3.63) is 53.0 Å². The zero-order chi connectivity index (χ0) is 13.4. The van der Waals surface area contributed by atoms with Gasteiger partial charge in [0.05, 0.1) is 0 Å². The largest absolute Gasteiger partial charge is 0.354 e. The van der Waals surface area contributed by atoms with E-state index in [1.807, 2.05) is 13.0 Å².